The number of hydrogen-bond donors (Lipinski definition) is 1. The molecule has 3 rings (SSSR count). The van der Waals surface area contributed by atoms with Gasteiger partial charge in [0, 0.05) is 42.5 Å². The van der Waals surface area contributed by atoms with Crippen molar-refractivity contribution in [2.24, 2.45) is 5.41 Å². The number of aliphatic carboxylic acids is 1. The van der Waals surface area contributed by atoms with E-state index in [1.54, 1.807) is 18.5 Å². The van der Waals surface area contributed by atoms with Crippen LogP contribution in [0.2, 0.25) is 0 Å². The van der Waals surface area contributed by atoms with E-state index in [-0.39, 0.29) is 11.8 Å². The number of piperidine rings is 1. The Balaban J connectivity index is 1.98. The molecule has 162 valence electrons. The van der Waals surface area contributed by atoms with E-state index in [9.17, 15) is 14.3 Å². The molecule has 1 N–H and O–H groups in total. The van der Waals surface area contributed by atoms with Crippen LogP contribution < -0.4 is 9.64 Å². The lowest BCUT2D eigenvalue weighted by molar-refractivity contribution is -0.136. The molecule has 1 fully saturated rings. The fourth-order valence-corrected chi connectivity index (χ4v) is 3.75. The fraction of sp³-hybridized carbons (Fsp3) is 0.522. The summed E-state index contributed by atoms with van der Waals surface area (Å²) in [5.41, 5.74) is 4.21. The van der Waals surface area contributed by atoms with Crippen LogP contribution in [0, 0.1) is 12.3 Å². The Morgan fingerprint density at radius 1 is 1.23 bits per heavy atom. The van der Waals surface area contributed by atoms with Gasteiger partial charge in [-0.25, -0.2) is 0 Å². The van der Waals surface area contributed by atoms with Gasteiger partial charge in [-0.3, -0.25) is 19.2 Å². The van der Waals surface area contributed by atoms with Crippen LogP contribution in [0.3, 0.4) is 0 Å². The normalized spacial score (nSPS) is 15.8. The van der Waals surface area contributed by atoms with E-state index in [2.05, 4.69) is 28.7 Å². The molecule has 1 aliphatic rings. The summed E-state index contributed by atoms with van der Waals surface area (Å²) in [5.74, 6) is -0.292. The van der Waals surface area contributed by atoms with Gasteiger partial charge < -0.3 is 14.7 Å². The van der Waals surface area contributed by atoms with Crippen molar-refractivity contribution in [1.82, 2.24) is 9.97 Å². The maximum atomic E-state index is 12.3. The number of rotatable bonds is 8. The van der Waals surface area contributed by atoms with Crippen LogP contribution >= 0.6 is 0 Å². The van der Waals surface area contributed by atoms with Crippen LogP contribution in [-0.4, -0.2) is 47.4 Å². The minimum absolute atomic E-state index is 0.0771. The SMILES string of the molecule is Cc1ncc(-c2ccc(OCCCF)cn2)c(N2CCC(C)(C)CC2)c1CC(=O)O. The minimum Gasteiger partial charge on any atom is -0.492 e. The van der Waals surface area contributed by atoms with Crippen molar-refractivity contribution in [3.05, 3.63) is 35.8 Å². The second kappa shape index (κ2) is 9.41. The zero-order chi connectivity index (χ0) is 21.7. The lowest BCUT2D eigenvalue weighted by Gasteiger charge is -2.40. The lowest BCUT2D eigenvalue weighted by atomic mass is 9.82. The lowest BCUT2D eigenvalue weighted by Crippen LogP contribution is -2.38. The van der Waals surface area contributed by atoms with E-state index >= 15 is 0 Å². The molecule has 0 radical (unpaired) electrons. The van der Waals surface area contributed by atoms with Gasteiger partial charge in [0.05, 0.1) is 37.3 Å². The van der Waals surface area contributed by atoms with Crippen molar-refractivity contribution in [3.63, 3.8) is 0 Å². The number of alkyl halides is 1. The van der Waals surface area contributed by atoms with Crippen LogP contribution in [0.25, 0.3) is 11.3 Å². The Kier molecular flexibility index (Phi) is 6.90. The van der Waals surface area contributed by atoms with Gasteiger partial charge in [0.2, 0.25) is 0 Å². The maximum Gasteiger partial charge on any atom is 0.307 e. The molecule has 0 spiro atoms. The zero-order valence-electron chi connectivity index (χ0n) is 17.9. The van der Waals surface area contributed by atoms with Gasteiger partial charge in [0.1, 0.15) is 5.75 Å². The number of carbonyl (C=O) groups is 1. The molecule has 0 amide bonds. The molecular formula is C23H30FN3O3. The smallest absolute Gasteiger partial charge is 0.307 e. The molecule has 0 saturated carbocycles. The highest BCUT2D eigenvalue weighted by Gasteiger charge is 2.29. The van der Waals surface area contributed by atoms with Gasteiger partial charge in [0.25, 0.3) is 0 Å². The van der Waals surface area contributed by atoms with E-state index in [0.717, 1.165) is 48.4 Å². The van der Waals surface area contributed by atoms with Crippen molar-refractivity contribution in [3.8, 4) is 17.0 Å². The van der Waals surface area contributed by atoms with E-state index in [4.69, 9.17) is 4.74 Å². The van der Waals surface area contributed by atoms with Gasteiger partial charge >= 0.3 is 5.97 Å². The van der Waals surface area contributed by atoms with Crippen LogP contribution in [-0.2, 0) is 11.2 Å². The number of carboxylic acids is 1. The Bertz CT molecular complexity index is 874. The molecule has 7 heteroatoms. The molecule has 2 aromatic heterocycles. The first-order valence-corrected chi connectivity index (χ1v) is 10.4. The molecule has 0 unspecified atom stereocenters. The highest BCUT2D eigenvalue weighted by atomic mass is 19.1. The third-order valence-corrected chi connectivity index (χ3v) is 5.69. The van der Waals surface area contributed by atoms with E-state index in [1.807, 2.05) is 13.0 Å². The number of anilines is 1. The van der Waals surface area contributed by atoms with Crippen LogP contribution in [0.1, 0.15) is 44.4 Å². The molecule has 1 saturated heterocycles. The van der Waals surface area contributed by atoms with Gasteiger partial charge in [0.15, 0.2) is 0 Å². The van der Waals surface area contributed by atoms with Gasteiger partial charge in [-0.2, -0.15) is 0 Å². The predicted octanol–water partition coefficient (Wildman–Crippen LogP) is 4.44. The topological polar surface area (TPSA) is 75.6 Å². The highest BCUT2D eigenvalue weighted by Crippen LogP contribution is 2.39. The zero-order valence-corrected chi connectivity index (χ0v) is 17.9. The summed E-state index contributed by atoms with van der Waals surface area (Å²) < 4.78 is 17.8. The van der Waals surface area contributed by atoms with Crippen LogP contribution in [0.4, 0.5) is 10.1 Å². The molecule has 2 aromatic rings. The Hall–Kier alpha value is -2.70. The predicted molar refractivity (Wildman–Crippen MR) is 115 cm³/mol. The molecule has 6 nitrogen and oxygen atoms in total. The summed E-state index contributed by atoms with van der Waals surface area (Å²) in [6.45, 7) is 8.01. The number of aryl methyl sites for hydroxylation is 1. The van der Waals surface area contributed by atoms with Crippen LogP contribution in [0.5, 0.6) is 5.75 Å². The second-order valence-corrected chi connectivity index (χ2v) is 8.58. The molecule has 0 atom stereocenters. The third-order valence-electron chi connectivity index (χ3n) is 5.69. The number of halogens is 1. The number of aromatic nitrogens is 2. The first-order valence-electron chi connectivity index (χ1n) is 10.4. The summed E-state index contributed by atoms with van der Waals surface area (Å²) in [4.78, 5) is 22.9. The highest BCUT2D eigenvalue weighted by molar-refractivity contribution is 5.83. The molecule has 1 aliphatic heterocycles. The van der Waals surface area contributed by atoms with Crippen molar-refractivity contribution in [1.29, 1.82) is 0 Å². The van der Waals surface area contributed by atoms with Gasteiger partial charge in [-0.05, 0) is 37.3 Å². The average Bonchev–Trinajstić information content (AvgIpc) is 2.70. The van der Waals surface area contributed by atoms with Crippen molar-refractivity contribution in [2.45, 2.75) is 46.5 Å². The number of ether oxygens (including phenoxy) is 1. The first-order chi connectivity index (χ1) is 14.3. The van der Waals surface area contributed by atoms with E-state index in [0.29, 0.717) is 24.5 Å². The maximum absolute atomic E-state index is 12.3. The number of pyridine rings is 2. The number of nitrogens with zero attached hydrogens (tertiary/aromatic N) is 3. The second-order valence-electron chi connectivity index (χ2n) is 8.58. The summed E-state index contributed by atoms with van der Waals surface area (Å²) in [7, 11) is 0. The first kappa shape index (κ1) is 22.0. The summed E-state index contributed by atoms with van der Waals surface area (Å²) in [6, 6.07) is 3.65. The summed E-state index contributed by atoms with van der Waals surface area (Å²) in [6.07, 6.45) is 5.74. The molecule has 0 aromatic carbocycles. The summed E-state index contributed by atoms with van der Waals surface area (Å²) >= 11 is 0. The van der Waals surface area contributed by atoms with Crippen molar-refractivity contribution in [2.75, 3.05) is 31.3 Å². The van der Waals surface area contributed by atoms with Crippen molar-refractivity contribution >= 4 is 11.7 Å². The van der Waals surface area contributed by atoms with E-state index in [1.165, 1.54) is 0 Å². The molecule has 30 heavy (non-hydrogen) atoms. The van der Waals surface area contributed by atoms with Crippen molar-refractivity contribution < 1.29 is 19.0 Å². The Morgan fingerprint density at radius 3 is 2.57 bits per heavy atom. The van der Waals surface area contributed by atoms with Gasteiger partial charge in [-0.1, -0.05) is 13.8 Å². The standard InChI is InChI=1S/C23H30FN3O3/c1-16-18(13-21(28)29)22(27-10-7-23(2,3)8-11-27)19(15-25-16)20-6-5-17(14-26-20)30-12-4-9-24/h5-6,14-15H,4,7-13H2,1-3H3,(H,28,29). The molecule has 0 aliphatic carbocycles. The molecular weight excluding hydrogens is 385 g/mol. The number of carboxylic acid groups (broad SMARTS) is 1. The van der Waals surface area contributed by atoms with Gasteiger partial charge in [-0.15, -0.1) is 0 Å². The summed E-state index contributed by atoms with van der Waals surface area (Å²) in [5, 5.41) is 9.49. The monoisotopic (exact) mass is 415 g/mol. The minimum atomic E-state index is -0.875. The Morgan fingerprint density at radius 2 is 1.97 bits per heavy atom. The molecule has 3 heterocycles. The average molecular weight is 416 g/mol. The molecule has 0 bridgehead atoms. The van der Waals surface area contributed by atoms with E-state index < -0.39 is 12.6 Å². The Labute approximate surface area is 177 Å². The van der Waals surface area contributed by atoms with Crippen LogP contribution in [0.15, 0.2) is 24.5 Å². The quantitative estimate of drug-likeness (QED) is 0.642. The third kappa shape index (κ3) is 5.26. The fourth-order valence-electron chi connectivity index (χ4n) is 3.75. The number of hydrogen-bond acceptors (Lipinski definition) is 5. The largest absolute Gasteiger partial charge is 0.492 e.